The van der Waals surface area contributed by atoms with Crippen LogP contribution in [0.25, 0.3) is 0 Å². The van der Waals surface area contributed by atoms with E-state index >= 15 is 0 Å². The number of nitrogens with two attached hydrogens (primary N) is 1. The van der Waals surface area contributed by atoms with Crippen molar-refractivity contribution >= 4 is 0 Å². The van der Waals surface area contributed by atoms with E-state index in [4.69, 9.17) is 5.73 Å². The smallest absolute Gasteiger partial charge is 0.0167 e. The molecule has 0 aromatic heterocycles. The minimum absolute atomic E-state index is 0.426. The summed E-state index contributed by atoms with van der Waals surface area (Å²) in [7, 11) is 2.20. The standard InChI is InChI=1S/C11H23N3/c1-13-6-10(7-13)8-14-5-3-2-4-11(12)9-14/h10-11H,2-9,12H2,1H3. The monoisotopic (exact) mass is 197 g/mol. The highest BCUT2D eigenvalue weighted by Crippen LogP contribution is 2.17. The molecule has 0 bridgehead atoms. The van der Waals surface area contributed by atoms with E-state index in [9.17, 15) is 0 Å². The van der Waals surface area contributed by atoms with Crippen molar-refractivity contribution in [2.75, 3.05) is 39.8 Å². The minimum atomic E-state index is 0.426. The molecular weight excluding hydrogens is 174 g/mol. The maximum Gasteiger partial charge on any atom is 0.0167 e. The second kappa shape index (κ2) is 4.60. The molecule has 0 radical (unpaired) electrons. The molecule has 82 valence electrons. The van der Waals surface area contributed by atoms with Gasteiger partial charge in [-0.3, -0.25) is 0 Å². The van der Waals surface area contributed by atoms with Crippen molar-refractivity contribution in [1.29, 1.82) is 0 Å². The summed E-state index contributed by atoms with van der Waals surface area (Å²) >= 11 is 0. The zero-order valence-corrected chi connectivity index (χ0v) is 9.28. The van der Waals surface area contributed by atoms with Crippen molar-refractivity contribution in [2.24, 2.45) is 11.7 Å². The van der Waals surface area contributed by atoms with Gasteiger partial charge in [0.25, 0.3) is 0 Å². The molecule has 0 aliphatic carbocycles. The maximum absolute atomic E-state index is 6.04. The van der Waals surface area contributed by atoms with Crippen LogP contribution in [-0.2, 0) is 0 Å². The number of nitrogens with zero attached hydrogens (tertiary/aromatic N) is 2. The van der Waals surface area contributed by atoms with E-state index in [1.165, 1.54) is 45.4 Å². The highest BCUT2D eigenvalue weighted by molar-refractivity contribution is 4.82. The maximum atomic E-state index is 6.04. The van der Waals surface area contributed by atoms with Gasteiger partial charge in [-0.2, -0.15) is 0 Å². The Bertz CT molecular complexity index is 177. The van der Waals surface area contributed by atoms with Crippen LogP contribution in [0, 0.1) is 5.92 Å². The predicted octanol–water partition coefficient (Wildman–Crippen LogP) is 0.361. The predicted molar refractivity (Wildman–Crippen MR) is 59.3 cm³/mol. The third-order valence-electron chi connectivity index (χ3n) is 3.45. The van der Waals surface area contributed by atoms with Crippen LogP contribution in [0.5, 0.6) is 0 Å². The van der Waals surface area contributed by atoms with Crippen LogP contribution in [0.4, 0.5) is 0 Å². The zero-order valence-electron chi connectivity index (χ0n) is 9.28. The Morgan fingerprint density at radius 1 is 1.21 bits per heavy atom. The van der Waals surface area contributed by atoms with Gasteiger partial charge in [-0.1, -0.05) is 6.42 Å². The van der Waals surface area contributed by atoms with Crippen LogP contribution >= 0.6 is 0 Å². The number of hydrogen-bond donors (Lipinski definition) is 1. The molecule has 0 aromatic rings. The van der Waals surface area contributed by atoms with Gasteiger partial charge in [0.05, 0.1) is 0 Å². The Balaban J connectivity index is 1.73. The Morgan fingerprint density at radius 2 is 2.00 bits per heavy atom. The summed E-state index contributed by atoms with van der Waals surface area (Å²) in [5.41, 5.74) is 6.04. The van der Waals surface area contributed by atoms with Crippen LogP contribution in [0.1, 0.15) is 19.3 Å². The summed E-state index contributed by atoms with van der Waals surface area (Å²) in [4.78, 5) is 4.97. The van der Waals surface area contributed by atoms with Crippen molar-refractivity contribution in [3.63, 3.8) is 0 Å². The largest absolute Gasteiger partial charge is 0.327 e. The Kier molecular flexibility index (Phi) is 3.42. The Hall–Kier alpha value is -0.120. The van der Waals surface area contributed by atoms with Gasteiger partial charge in [-0.05, 0) is 32.4 Å². The lowest BCUT2D eigenvalue weighted by Gasteiger charge is -2.39. The molecule has 0 saturated carbocycles. The lowest BCUT2D eigenvalue weighted by Crippen LogP contribution is -2.50. The fourth-order valence-electron chi connectivity index (χ4n) is 2.73. The van der Waals surface area contributed by atoms with Crippen molar-refractivity contribution in [3.05, 3.63) is 0 Å². The number of rotatable bonds is 2. The highest BCUT2D eigenvalue weighted by Gasteiger charge is 2.26. The van der Waals surface area contributed by atoms with Gasteiger partial charge in [0.2, 0.25) is 0 Å². The molecular formula is C11H23N3. The fourth-order valence-corrected chi connectivity index (χ4v) is 2.73. The van der Waals surface area contributed by atoms with Crippen LogP contribution in [0.15, 0.2) is 0 Å². The summed E-state index contributed by atoms with van der Waals surface area (Å²) in [6, 6.07) is 0.426. The molecule has 1 unspecified atom stereocenters. The van der Waals surface area contributed by atoms with Gasteiger partial charge < -0.3 is 15.5 Å². The SMILES string of the molecule is CN1CC(CN2CCCCC(N)C2)C1. The van der Waals surface area contributed by atoms with Crippen LogP contribution in [0.2, 0.25) is 0 Å². The van der Waals surface area contributed by atoms with Gasteiger partial charge in [-0.15, -0.1) is 0 Å². The fraction of sp³-hybridized carbons (Fsp3) is 1.00. The van der Waals surface area contributed by atoms with Crippen molar-refractivity contribution in [3.8, 4) is 0 Å². The van der Waals surface area contributed by atoms with Gasteiger partial charge >= 0.3 is 0 Å². The zero-order chi connectivity index (χ0) is 9.97. The molecule has 2 heterocycles. The van der Waals surface area contributed by atoms with E-state index in [0.29, 0.717) is 6.04 Å². The lowest BCUT2D eigenvalue weighted by atomic mass is 10.0. The first-order valence-corrected chi connectivity index (χ1v) is 5.90. The molecule has 0 amide bonds. The van der Waals surface area contributed by atoms with Crippen molar-refractivity contribution in [2.45, 2.75) is 25.3 Å². The topological polar surface area (TPSA) is 32.5 Å². The molecule has 0 aromatic carbocycles. The lowest BCUT2D eigenvalue weighted by molar-refractivity contribution is 0.0905. The van der Waals surface area contributed by atoms with E-state index in [1.807, 2.05) is 0 Å². The van der Waals surface area contributed by atoms with E-state index in [-0.39, 0.29) is 0 Å². The minimum Gasteiger partial charge on any atom is -0.327 e. The number of likely N-dealkylation sites (tertiary alicyclic amines) is 2. The third-order valence-corrected chi connectivity index (χ3v) is 3.45. The summed E-state index contributed by atoms with van der Waals surface area (Å²) in [6.45, 7) is 6.24. The van der Waals surface area contributed by atoms with E-state index in [1.54, 1.807) is 0 Å². The molecule has 2 fully saturated rings. The van der Waals surface area contributed by atoms with Gasteiger partial charge in [-0.25, -0.2) is 0 Å². The van der Waals surface area contributed by atoms with Crippen LogP contribution in [-0.4, -0.2) is 55.6 Å². The molecule has 14 heavy (non-hydrogen) atoms. The summed E-state index contributed by atoms with van der Waals surface area (Å²) in [6.07, 6.45) is 3.89. The molecule has 2 saturated heterocycles. The Morgan fingerprint density at radius 3 is 2.71 bits per heavy atom. The Labute approximate surface area is 87.2 Å². The molecule has 2 aliphatic rings. The average Bonchev–Trinajstić information content (AvgIpc) is 2.27. The first-order chi connectivity index (χ1) is 6.74. The van der Waals surface area contributed by atoms with E-state index < -0.39 is 0 Å². The average molecular weight is 197 g/mol. The second-order valence-electron chi connectivity index (χ2n) is 5.10. The van der Waals surface area contributed by atoms with Crippen molar-refractivity contribution in [1.82, 2.24) is 9.80 Å². The first kappa shape index (κ1) is 10.4. The molecule has 0 spiro atoms. The van der Waals surface area contributed by atoms with Gasteiger partial charge in [0.15, 0.2) is 0 Å². The van der Waals surface area contributed by atoms with E-state index in [2.05, 4.69) is 16.8 Å². The highest BCUT2D eigenvalue weighted by atomic mass is 15.2. The molecule has 2 N–H and O–H groups in total. The summed E-state index contributed by atoms with van der Waals surface area (Å²) < 4.78 is 0. The second-order valence-corrected chi connectivity index (χ2v) is 5.10. The van der Waals surface area contributed by atoms with E-state index in [0.717, 1.165) is 12.5 Å². The van der Waals surface area contributed by atoms with Crippen molar-refractivity contribution < 1.29 is 0 Å². The normalized spacial score (nSPS) is 32.6. The first-order valence-electron chi connectivity index (χ1n) is 5.90. The molecule has 3 nitrogen and oxygen atoms in total. The summed E-state index contributed by atoms with van der Waals surface area (Å²) in [5.74, 6) is 0.908. The molecule has 1 atom stereocenters. The third kappa shape index (κ3) is 2.69. The van der Waals surface area contributed by atoms with Gasteiger partial charge in [0, 0.05) is 32.2 Å². The molecule has 2 aliphatic heterocycles. The molecule has 3 heteroatoms. The quantitative estimate of drug-likeness (QED) is 0.694. The summed E-state index contributed by atoms with van der Waals surface area (Å²) in [5, 5.41) is 0. The van der Waals surface area contributed by atoms with Crippen LogP contribution in [0.3, 0.4) is 0 Å². The van der Waals surface area contributed by atoms with Crippen LogP contribution < -0.4 is 5.73 Å². The van der Waals surface area contributed by atoms with Gasteiger partial charge in [0.1, 0.15) is 0 Å². The molecule has 2 rings (SSSR count). The number of hydrogen-bond acceptors (Lipinski definition) is 3.